The highest BCUT2D eigenvalue weighted by atomic mass is 19.4. The normalized spacial score (nSPS) is 28.2. The summed E-state index contributed by atoms with van der Waals surface area (Å²) in [6.07, 6.45) is -0.964. The number of hydrogen-bond donors (Lipinski definition) is 2. The third-order valence-corrected chi connectivity index (χ3v) is 7.09. The molecular formula is C22H29F3N6O. The van der Waals surface area contributed by atoms with E-state index in [2.05, 4.69) is 33.8 Å². The van der Waals surface area contributed by atoms with Gasteiger partial charge in [0.05, 0.1) is 5.69 Å². The van der Waals surface area contributed by atoms with Crippen LogP contribution in [0, 0.1) is 11.8 Å². The van der Waals surface area contributed by atoms with Gasteiger partial charge in [-0.25, -0.2) is 4.98 Å². The summed E-state index contributed by atoms with van der Waals surface area (Å²) in [5.74, 6) is 0.977. The van der Waals surface area contributed by atoms with Gasteiger partial charge in [0, 0.05) is 61.6 Å². The number of halogens is 3. The first-order chi connectivity index (χ1) is 15.2. The van der Waals surface area contributed by atoms with Crippen LogP contribution < -0.4 is 15.8 Å². The third kappa shape index (κ3) is 4.05. The molecule has 2 aromatic heterocycles. The van der Waals surface area contributed by atoms with Gasteiger partial charge in [0.25, 0.3) is 0 Å². The molecule has 1 saturated heterocycles. The SMILES string of the molecule is CC(C)n1nc(-c2cnc(N)c(OC(F)(F)F)c2)cc1[C@H]1[C@@H]2C[C@@H](N3CCNCC3)C[C@@H]21. The molecule has 3 N–H and O–H groups in total. The Balaban J connectivity index is 1.36. The van der Waals surface area contributed by atoms with Crippen molar-refractivity contribution in [1.82, 2.24) is 25.0 Å². The minimum Gasteiger partial charge on any atom is -0.402 e. The predicted octanol–water partition coefficient (Wildman–Crippen LogP) is 3.40. The monoisotopic (exact) mass is 450 g/mol. The zero-order valence-corrected chi connectivity index (χ0v) is 18.3. The molecule has 174 valence electrons. The fraction of sp³-hybridized carbons (Fsp3) is 0.636. The molecule has 2 saturated carbocycles. The lowest BCUT2D eigenvalue weighted by Gasteiger charge is -2.34. The molecule has 0 aromatic carbocycles. The van der Waals surface area contributed by atoms with Gasteiger partial charge in [0.2, 0.25) is 0 Å². The second kappa shape index (κ2) is 7.91. The van der Waals surface area contributed by atoms with Gasteiger partial charge in [-0.2, -0.15) is 5.10 Å². The molecule has 1 aliphatic heterocycles. The first kappa shape index (κ1) is 21.5. The molecule has 10 heteroatoms. The first-order valence-corrected chi connectivity index (χ1v) is 11.3. The number of nitrogens with two attached hydrogens (primary N) is 1. The number of hydrogen-bond acceptors (Lipinski definition) is 6. The van der Waals surface area contributed by atoms with Crippen LogP contribution in [0.15, 0.2) is 18.3 Å². The van der Waals surface area contributed by atoms with Crippen molar-refractivity contribution in [2.45, 2.75) is 51.1 Å². The van der Waals surface area contributed by atoms with Crippen molar-refractivity contribution in [3.8, 4) is 17.0 Å². The van der Waals surface area contributed by atoms with E-state index in [1.54, 1.807) is 0 Å². The van der Waals surface area contributed by atoms with Crippen molar-refractivity contribution in [3.63, 3.8) is 0 Å². The Morgan fingerprint density at radius 3 is 2.47 bits per heavy atom. The van der Waals surface area contributed by atoms with Gasteiger partial charge < -0.3 is 15.8 Å². The lowest BCUT2D eigenvalue weighted by molar-refractivity contribution is -0.274. The minimum absolute atomic E-state index is 0.150. The number of piperazine rings is 1. The third-order valence-electron chi connectivity index (χ3n) is 7.09. The maximum atomic E-state index is 12.7. The number of nitrogen functional groups attached to an aromatic ring is 1. The van der Waals surface area contributed by atoms with Gasteiger partial charge in [-0.3, -0.25) is 9.58 Å². The Labute approximate surface area is 185 Å². The smallest absolute Gasteiger partial charge is 0.402 e. The Hall–Kier alpha value is -2.33. The summed E-state index contributed by atoms with van der Waals surface area (Å²) < 4.78 is 44.2. The van der Waals surface area contributed by atoms with Gasteiger partial charge in [-0.1, -0.05) is 0 Å². The van der Waals surface area contributed by atoms with E-state index in [0.717, 1.165) is 26.2 Å². The molecule has 5 rings (SSSR count). The van der Waals surface area contributed by atoms with Gasteiger partial charge in [0.15, 0.2) is 11.6 Å². The van der Waals surface area contributed by atoms with Crippen LogP contribution >= 0.6 is 0 Å². The molecular weight excluding hydrogens is 421 g/mol. The van der Waals surface area contributed by atoms with Crippen molar-refractivity contribution in [1.29, 1.82) is 0 Å². The number of anilines is 1. The Kier molecular flexibility index (Phi) is 5.32. The van der Waals surface area contributed by atoms with E-state index in [1.165, 1.54) is 30.8 Å². The standard InChI is InChI=1S/C22H29F3N6O/c1-12(2)31-18(20-15-8-14(9-16(15)20)30-5-3-27-4-6-30)10-17(29-31)13-7-19(21(26)28-11-13)32-22(23,24)25/h7,10-12,14-16,20,27H,3-6,8-9H2,1-2H3,(H2,26,28)/t14-,15-,16+,20+. The summed E-state index contributed by atoms with van der Waals surface area (Å²) in [4.78, 5) is 6.51. The van der Waals surface area contributed by atoms with Crippen LogP contribution in [0.4, 0.5) is 19.0 Å². The van der Waals surface area contributed by atoms with Crippen molar-refractivity contribution < 1.29 is 17.9 Å². The molecule has 3 heterocycles. The van der Waals surface area contributed by atoms with Gasteiger partial charge in [0.1, 0.15) is 0 Å². The molecule has 0 radical (unpaired) electrons. The lowest BCUT2D eigenvalue weighted by Crippen LogP contribution is -2.48. The molecule has 4 atom stereocenters. The van der Waals surface area contributed by atoms with E-state index >= 15 is 0 Å². The van der Waals surface area contributed by atoms with E-state index in [1.807, 2.05) is 10.7 Å². The second-order valence-corrected chi connectivity index (χ2v) is 9.41. The van der Waals surface area contributed by atoms with Crippen LogP contribution in [0.25, 0.3) is 11.3 Å². The van der Waals surface area contributed by atoms with E-state index in [0.29, 0.717) is 35.1 Å². The predicted molar refractivity (Wildman–Crippen MR) is 114 cm³/mol. The average Bonchev–Trinajstić information content (AvgIpc) is 3.09. The van der Waals surface area contributed by atoms with Crippen LogP contribution in [0.1, 0.15) is 44.3 Å². The molecule has 7 nitrogen and oxygen atoms in total. The number of nitrogens with one attached hydrogen (secondary N) is 1. The minimum atomic E-state index is -4.83. The van der Waals surface area contributed by atoms with E-state index < -0.39 is 12.1 Å². The van der Waals surface area contributed by atoms with Crippen molar-refractivity contribution in [2.24, 2.45) is 11.8 Å². The fourth-order valence-electron chi connectivity index (χ4n) is 5.61. The van der Waals surface area contributed by atoms with Gasteiger partial charge in [-0.15, -0.1) is 13.2 Å². The zero-order valence-electron chi connectivity index (χ0n) is 18.3. The molecule has 3 aliphatic rings. The first-order valence-electron chi connectivity index (χ1n) is 11.3. The number of nitrogens with zero attached hydrogens (tertiary/aromatic N) is 4. The summed E-state index contributed by atoms with van der Waals surface area (Å²) >= 11 is 0. The highest BCUT2D eigenvalue weighted by Gasteiger charge is 2.58. The number of pyridine rings is 1. The number of alkyl halides is 3. The molecule has 32 heavy (non-hydrogen) atoms. The van der Waals surface area contributed by atoms with Gasteiger partial charge in [-0.05, 0) is 50.7 Å². The van der Waals surface area contributed by atoms with E-state index in [9.17, 15) is 13.2 Å². The molecule has 2 aliphatic carbocycles. The number of ether oxygens (including phenoxy) is 1. The summed E-state index contributed by atoms with van der Waals surface area (Å²) in [7, 11) is 0. The van der Waals surface area contributed by atoms with Crippen LogP contribution in [0.2, 0.25) is 0 Å². The Bertz CT molecular complexity index is 973. The van der Waals surface area contributed by atoms with E-state index in [4.69, 9.17) is 10.8 Å². The maximum Gasteiger partial charge on any atom is 0.573 e. The number of aromatic nitrogens is 3. The molecule has 0 spiro atoms. The molecule has 0 amide bonds. The largest absolute Gasteiger partial charge is 0.573 e. The van der Waals surface area contributed by atoms with Crippen molar-refractivity contribution in [2.75, 3.05) is 31.9 Å². The van der Waals surface area contributed by atoms with Crippen molar-refractivity contribution in [3.05, 3.63) is 24.0 Å². The van der Waals surface area contributed by atoms with Crippen LogP contribution in [-0.2, 0) is 0 Å². The van der Waals surface area contributed by atoms with Crippen LogP contribution in [0.3, 0.4) is 0 Å². The van der Waals surface area contributed by atoms with Gasteiger partial charge >= 0.3 is 6.36 Å². The second-order valence-electron chi connectivity index (χ2n) is 9.41. The number of rotatable bonds is 5. The number of fused-ring (bicyclic) bond motifs is 1. The highest BCUT2D eigenvalue weighted by Crippen LogP contribution is 2.64. The Morgan fingerprint density at radius 2 is 1.84 bits per heavy atom. The van der Waals surface area contributed by atoms with Crippen LogP contribution in [-0.4, -0.2) is 58.2 Å². The Morgan fingerprint density at radius 1 is 1.16 bits per heavy atom. The molecule has 0 bridgehead atoms. The highest BCUT2D eigenvalue weighted by molar-refractivity contribution is 5.64. The summed E-state index contributed by atoms with van der Waals surface area (Å²) in [6, 6.07) is 4.09. The van der Waals surface area contributed by atoms with Crippen LogP contribution in [0.5, 0.6) is 5.75 Å². The molecule has 0 unspecified atom stereocenters. The lowest BCUT2D eigenvalue weighted by atomic mass is 10.0. The summed E-state index contributed by atoms with van der Waals surface area (Å²) in [5, 5.41) is 8.14. The van der Waals surface area contributed by atoms with Crippen molar-refractivity contribution >= 4 is 5.82 Å². The fourth-order valence-corrected chi connectivity index (χ4v) is 5.61. The quantitative estimate of drug-likeness (QED) is 0.727. The molecule has 3 fully saturated rings. The summed E-state index contributed by atoms with van der Waals surface area (Å²) in [5.41, 5.74) is 7.80. The molecule has 2 aromatic rings. The maximum absolute atomic E-state index is 12.7. The average molecular weight is 451 g/mol. The topological polar surface area (TPSA) is 81.2 Å². The summed E-state index contributed by atoms with van der Waals surface area (Å²) in [6.45, 7) is 8.51. The zero-order chi connectivity index (χ0) is 22.6. The van der Waals surface area contributed by atoms with E-state index in [-0.39, 0.29) is 11.9 Å².